The summed E-state index contributed by atoms with van der Waals surface area (Å²) in [7, 11) is 0. The standard InChI is InChI=1S/C19H25NO3/c1-18(2,3)14-7-5-4-6-13(14)16(21)20-10-8-19(9-11-20)12-15(19)17(22)23/h4-7,15H,8-12H2,1-3H3,(H,22,23). The number of amides is 1. The van der Waals surface area contributed by atoms with Crippen LogP contribution in [0.1, 0.15) is 56.0 Å². The van der Waals surface area contributed by atoms with Crippen LogP contribution in [0, 0.1) is 11.3 Å². The van der Waals surface area contributed by atoms with Crippen molar-refractivity contribution >= 4 is 11.9 Å². The van der Waals surface area contributed by atoms with Gasteiger partial charge in [0.1, 0.15) is 0 Å². The Bertz CT molecular complexity index is 636. The monoisotopic (exact) mass is 315 g/mol. The van der Waals surface area contributed by atoms with Crippen molar-refractivity contribution in [3.8, 4) is 0 Å². The van der Waals surface area contributed by atoms with E-state index >= 15 is 0 Å². The quantitative estimate of drug-likeness (QED) is 0.911. The second-order valence-electron chi connectivity index (χ2n) is 8.05. The predicted molar refractivity (Wildman–Crippen MR) is 88.5 cm³/mol. The molecule has 1 aromatic carbocycles. The van der Waals surface area contributed by atoms with Crippen molar-refractivity contribution in [2.75, 3.05) is 13.1 Å². The van der Waals surface area contributed by atoms with Crippen molar-refractivity contribution in [1.29, 1.82) is 0 Å². The third kappa shape index (κ3) is 2.87. The molecule has 1 N–H and O–H groups in total. The molecule has 124 valence electrons. The molecule has 2 fully saturated rings. The molecule has 1 spiro atoms. The summed E-state index contributed by atoms with van der Waals surface area (Å²) in [5, 5.41) is 9.17. The van der Waals surface area contributed by atoms with Crippen LogP contribution in [0.15, 0.2) is 24.3 Å². The van der Waals surface area contributed by atoms with Crippen molar-refractivity contribution in [2.45, 2.75) is 45.4 Å². The Kier molecular flexibility index (Phi) is 3.74. The molecule has 23 heavy (non-hydrogen) atoms. The number of likely N-dealkylation sites (tertiary alicyclic amines) is 1. The second kappa shape index (κ2) is 5.36. The van der Waals surface area contributed by atoms with Gasteiger partial charge in [-0.3, -0.25) is 9.59 Å². The van der Waals surface area contributed by atoms with Crippen LogP contribution in [0.3, 0.4) is 0 Å². The molecule has 0 bridgehead atoms. The number of benzene rings is 1. The predicted octanol–water partition coefficient (Wildman–Crippen LogP) is 3.31. The maximum atomic E-state index is 12.9. The molecule has 1 heterocycles. The molecule has 0 aromatic heterocycles. The van der Waals surface area contributed by atoms with Crippen molar-refractivity contribution in [3.05, 3.63) is 35.4 Å². The molecule has 2 aliphatic rings. The van der Waals surface area contributed by atoms with Crippen molar-refractivity contribution in [1.82, 2.24) is 4.90 Å². The van der Waals surface area contributed by atoms with Crippen molar-refractivity contribution in [2.24, 2.45) is 11.3 Å². The van der Waals surface area contributed by atoms with Gasteiger partial charge in [-0.25, -0.2) is 0 Å². The summed E-state index contributed by atoms with van der Waals surface area (Å²) < 4.78 is 0. The minimum atomic E-state index is -0.678. The van der Waals surface area contributed by atoms with E-state index in [1.807, 2.05) is 29.2 Å². The number of carboxylic acid groups (broad SMARTS) is 1. The molecule has 4 heteroatoms. The minimum Gasteiger partial charge on any atom is -0.481 e. The molecular formula is C19H25NO3. The zero-order valence-corrected chi connectivity index (χ0v) is 14.1. The van der Waals surface area contributed by atoms with Gasteiger partial charge in [0, 0.05) is 18.7 Å². The molecule has 1 saturated carbocycles. The second-order valence-corrected chi connectivity index (χ2v) is 8.05. The number of aliphatic carboxylic acids is 1. The van der Waals surface area contributed by atoms with Crippen LogP contribution in [-0.2, 0) is 10.2 Å². The first-order valence-electron chi connectivity index (χ1n) is 8.36. The van der Waals surface area contributed by atoms with Gasteiger partial charge in [-0.15, -0.1) is 0 Å². The van der Waals surface area contributed by atoms with Gasteiger partial charge in [-0.1, -0.05) is 39.0 Å². The Morgan fingerprint density at radius 3 is 2.30 bits per heavy atom. The fraction of sp³-hybridized carbons (Fsp3) is 0.579. The molecule has 1 aliphatic heterocycles. The SMILES string of the molecule is CC(C)(C)c1ccccc1C(=O)N1CCC2(CC1)CC2C(=O)O. The largest absolute Gasteiger partial charge is 0.481 e. The lowest BCUT2D eigenvalue weighted by atomic mass is 9.83. The van der Waals surface area contributed by atoms with Gasteiger partial charge in [-0.2, -0.15) is 0 Å². The smallest absolute Gasteiger partial charge is 0.307 e. The zero-order chi connectivity index (χ0) is 16.8. The van der Waals surface area contributed by atoms with Crippen LogP contribution >= 0.6 is 0 Å². The fourth-order valence-electron chi connectivity index (χ4n) is 3.90. The van der Waals surface area contributed by atoms with E-state index in [0.29, 0.717) is 13.1 Å². The average Bonchev–Trinajstić information content (AvgIpc) is 3.20. The molecule has 1 aliphatic carbocycles. The maximum absolute atomic E-state index is 12.9. The highest BCUT2D eigenvalue weighted by molar-refractivity contribution is 5.96. The Morgan fingerprint density at radius 1 is 1.17 bits per heavy atom. The molecule has 1 atom stereocenters. The Morgan fingerprint density at radius 2 is 1.78 bits per heavy atom. The summed E-state index contributed by atoms with van der Waals surface area (Å²) in [5.41, 5.74) is 1.74. The van der Waals surface area contributed by atoms with Crippen LogP contribution in [0.5, 0.6) is 0 Å². The van der Waals surface area contributed by atoms with E-state index in [-0.39, 0.29) is 22.7 Å². The van der Waals surface area contributed by atoms with Gasteiger partial charge in [0.05, 0.1) is 5.92 Å². The first kappa shape index (κ1) is 16.0. The number of hydrogen-bond donors (Lipinski definition) is 1. The summed E-state index contributed by atoms with van der Waals surface area (Å²) in [6.07, 6.45) is 2.41. The minimum absolute atomic E-state index is 0.0356. The number of piperidine rings is 1. The molecular weight excluding hydrogens is 290 g/mol. The summed E-state index contributed by atoms with van der Waals surface area (Å²) in [5.74, 6) is -0.789. The molecule has 1 unspecified atom stereocenters. The van der Waals surface area contributed by atoms with Crippen molar-refractivity contribution < 1.29 is 14.7 Å². The highest BCUT2D eigenvalue weighted by Gasteiger charge is 2.59. The third-order valence-electron chi connectivity index (χ3n) is 5.50. The maximum Gasteiger partial charge on any atom is 0.307 e. The number of nitrogens with zero attached hydrogens (tertiary/aromatic N) is 1. The fourth-order valence-corrected chi connectivity index (χ4v) is 3.90. The summed E-state index contributed by atoms with van der Waals surface area (Å²) in [6, 6.07) is 7.82. The van der Waals surface area contributed by atoms with Crippen LogP contribution in [0.4, 0.5) is 0 Å². The lowest BCUT2D eigenvalue weighted by Crippen LogP contribution is -2.40. The van der Waals surface area contributed by atoms with Gasteiger partial charge >= 0.3 is 5.97 Å². The van der Waals surface area contributed by atoms with E-state index in [4.69, 9.17) is 5.11 Å². The van der Waals surface area contributed by atoms with Crippen LogP contribution in [0.2, 0.25) is 0 Å². The molecule has 1 saturated heterocycles. The molecule has 3 rings (SSSR count). The summed E-state index contributed by atoms with van der Waals surface area (Å²) in [6.45, 7) is 7.69. The molecule has 1 aromatic rings. The number of carboxylic acids is 1. The highest BCUT2D eigenvalue weighted by atomic mass is 16.4. The summed E-state index contributed by atoms with van der Waals surface area (Å²) in [4.78, 5) is 26.0. The number of rotatable bonds is 2. The molecule has 1 amide bonds. The van der Waals surface area contributed by atoms with E-state index in [0.717, 1.165) is 30.4 Å². The van der Waals surface area contributed by atoms with E-state index in [2.05, 4.69) is 20.8 Å². The molecule has 4 nitrogen and oxygen atoms in total. The zero-order valence-electron chi connectivity index (χ0n) is 14.1. The van der Waals surface area contributed by atoms with Crippen LogP contribution in [-0.4, -0.2) is 35.0 Å². The van der Waals surface area contributed by atoms with Crippen molar-refractivity contribution in [3.63, 3.8) is 0 Å². The number of carbonyl (C=O) groups is 2. The van der Waals surface area contributed by atoms with Gasteiger partial charge < -0.3 is 10.0 Å². The first-order chi connectivity index (χ1) is 10.7. The Balaban J connectivity index is 1.73. The van der Waals surface area contributed by atoms with E-state index in [9.17, 15) is 9.59 Å². The summed E-state index contributed by atoms with van der Waals surface area (Å²) >= 11 is 0. The number of carbonyl (C=O) groups excluding carboxylic acids is 1. The van der Waals surface area contributed by atoms with Gasteiger partial charge in [0.15, 0.2) is 0 Å². The van der Waals surface area contributed by atoms with E-state index in [1.54, 1.807) is 0 Å². The van der Waals surface area contributed by atoms with Gasteiger partial charge in [0.25, 0.3) is 5.91 Å². The van der Waals surface area contributed by atoms with E-state index < -0.39 is 5.97 Å². The lowest BCUT2D eigenvalue weighted by Gasteiger charge is -2.34. The van der Waals surface area contributed by atoms with Crippen LogP contribution in [0.25, 0.3) is 0 Å². The Labute approximate surface area is 137 Å². The van der Waals surface area contributed by atoms with E-state index in [1.165, 1.54) is 0 Å². The topological polar surface area (TPSA) is 57.6 Å². The highest BCUT2D eigenvalue weighted by Crippen LogP contribution is 2.59. The van der Waals surface area contributed by atoms with Gasteiger partial charge in [-0.05, 0) is 41.7 Å². The average molecular weight is 315 g/mol. The third-order valence-corrected chi connectivity index (χ3v) is 5.50. The van der Waals surface area contributed by atoms with Crippen LogP contribution < -0.4 is 0 Å². The lowest BCUT2D eigenvalue weighted by molar-refractivity contribution is -0.139. The first-order valence-corrected chi connectivity index (χ1v) is 8.36. The normalized spacial score (nSPS) is 22.9. The van der Waals surface area contributed by atoms with Gasteiger partial charge in [0.2, 0.25) is 0 Å². The Hall–Kier alpha value is -1.84. The number of hydrogen-bond acceptors (Lipinski definition) is 2. The molecule has 0 radical (unpaired) electrons.